The van der Waals surface area contributed by atoms with Crippen molar-refractivity contribution < 1.29 is 30.7 Å². The fourth-order valence-electron chi connectivity index (χ4n) is 3.22. The number of rotatable bonds is 5. The molecule has 2 unspecified atom stereocenters. The molecule has 176 valence electrons. The summed E-state index contributed by atoms with van der Waals surface area (Å²) in [5, 5.41) is -0.980. The van der Waals surface area contributed by atoms with E-state index in [0.29, 0.717) is 4.31 Å². The molecule has 0 bridgehead atoms. The number of fused-ring (bicyclic) bond motifs is 1. The smallest absolute Gasteiger partial charge is 0.301 e. The molecule has 0 aliphatic carbocycles. The summed E-state index contributed by atoms with van der Waals surface area (Å²) in [7, 11) is -3.07. The van der Waals surface area contributed by atoms with E-state index >= 15 is 0 Å². The summed E-state index contributed by atoms with van der Waals surface area (Å²) < 4.78 is 90.0. The molecule has 33 heavy (non-hydrogen) atoms. The van der Waals surface area contributed by atoms with Crippen molar-refractivity contribution in [3.05, 3.63) is 57.6 Å². The fourth-order valence-corrected chi connectivity index (χ4v) is 4.77. The Bertz CT molecular complexity index is 1410. The first kappa shape index (κ1) is 23.3. The minimum absolute atomic E-state index is 0.0407. The third-order valence-corrected chi connectivity index (χ3v) is 6.81. The van der Waals surface area contributed by atoms with E-state index in [9.17, 15) is 30.8 Å². The summed E-state index contributed by atoms with van der Waals surface area (Å²) in [5.74, 6) is -3.48. The van der Waals surface area contributed by atoms with E-state index in [1.54, 1.807) is 0 Å². The maximum Gasteiger partial charge on any atom is 0.301 e. The van der Waals surface area contributed by atoms with Crippen molar-refractivity contribution in [1.82, 2.24) is 13.9 Å². The molecular weight excluding hydrogens is 492 g/mol. The lowest BCUT2D eigenvalue weighted by Gasteiger charge is -2.18. The van der Waals surface area contributed by atoms with Crippen LogP contribution in [0.25, 0.3) is 10.9 Å². The predicted molar refractivity (Wildman–Crippen MR) is 112 cm³/mol. The third kappa shape index (κ3) is 4.23. The lowest BCUT2D eigenvalue weighted by Crippen LogP contribution is -2.34. The van der Waals surface area contributed by atoms with Crippen molar-refractivity contribution >= 4 is 38.4 Å². The molecule has 2 heterocycles. The number of halogens is 5. The van der Waals surface area contributed by atoms with Gasteiger partial charge in [0.2, 0.25) is 0 Å². The van der Waals surface area contributed by atoms with Gasteiger partial charge in [0.1, 0.15) is 22.8 Å². The van der Waals surface area contributed by atoms with Crippen molar-refractivity contribution in [3.8, 4) is 11.5 Å². The van der Waals surface area contributed by atoms with Crippen LogP contribution in [0.2, 0.25) is 5.02 Å². The number of nitrogens with one attached hydrogen (secondary N) is 1. The Kier molecular flexibility index (Phi) is 5.97. The minimum Gasteiger partial charge on any atom is -0.450 e. The number of alkyl halides is 2. The standard InChI is InChI=1S/C19H15ClF4N4O4S/c1-27-8-25-12-4-5-14(17(24)15(12)19(27)29)32-18-9(21)2-3-13(16(18)20)26-33(30,31)28-6-10(22)11(23)7-28/h2-5,8,10-11,26H,6-7H2,1H3. The molecule has 1 aliphatic rings. The molecule has 4 rings (SSSR count). The molecule has 1 N–H and O–H groups in total. The van der Waals surface area contributed by atoms with Gasteiger partial charge in [0.25, 0.3) is 5.56 Å². The van der Waals surface area contributed by atoms with Gasteiger partial charge < -0.3 is 9.30 Å². The molecule has 0 radical (unpaired) electrons. The largest absolute Gasteiger partial charge is 0.450 e. The van der Waals surface area contributed by atoms with Crippen molar-refractivity contribution in [2.24, 2.45) is 7.05 Å². The van der Waals surface area contributed by atoms with Crippen LogP contribution in [0.1, 0.15) is 0 Å². The highest BCUT2D eigenvalue weighted by Crippen LogP contribution is 2.39. The number of anilines is 1. The highest BCUT2D eigenvalue weighted by molar-refractivity contribution is 7.90. The molecule has 0 spiro atoms. The van der Waals surface area contributed by atoms with Gasteiger partial charge in [-0.15, -0.1) is 0 Å². The highest BCUT2D eigenvalue weighted by Gasteiger charge is 2.39. The van der Waals surface area contributed by atoms with E-state index in [-0.39, 0.29) is 11.2 Å². The van der Waals surface area contributed by atoms with Gasteiger partial charge in [0.15, 0.2) is 23.1 Å². The summed E-state index contributed by atoms with van der Waals surface area (Å²) in [6.07, 6.45) is -2.77. The van der Waals surface area contributed by atoms with Gasteiger partial charge in [0.05, 0.1) is 17.5 Å². The molecule has 1 aliphatic heterocycles. The number of nitrogens with zero attached hydrogens (tertiary/aromatic N) is 3. The SMILES string of the molecule is Cn1cnc2ccc(Oc3c(F)ccc(NS(=O)(=O)N4CC(F)C(F)C4)c3Cl)c(F)c2c1=O. The lowest BCUT2D eigenvalue weighted by atomic mass is 10.2. The zero-order chi connectivity index (χ0) is 24.1. The quantitative estimate of drug-likeness (QED) is 0.536. The number of hydrogen-bond donors (Lipinski definition) is 1. The molecule has 8 nitrogen and oxygen atoms in total. The number of benzene rings is 2. The van der Waals surface area contributed by atoms with Crippen LogP contribution in [0.4, 0.5) is 23.2 Å². The Morgan fingerprint density at radius 2 is 1.82 bits per heavy atom. The Labute approximate surface area is 189 Å². The van der Waals surface area contributed by atoms with Gasteiger partial charge in [-0.05, 0) is 24.3 Å². The summed E-state index contributed by atoms with van der Waals surface area (Å²) in [6, 6.07) is 4.15. The Hall–Kier alpha value is -2.90. The zero-order valence-corrected chi connectivity index (χ0v) is 18.3. The van der Waals surface area contributed by atoms with Crippen molar-refractivity contribution in [2.75, 3.05) is 17.8 Å². The van der Waals surface area contributed by atoms with Crippen LogP contribution in [0.3, 0.4) is 0 Å². The van der Waals surface area contributed by atoms with Crippen LogP contribution in [0.15, 0.2) is 35.4 Å². The predicted octanol–water partition coefficient (Wildman–Crippen LogP) is 3.31. The molecule has 1 aromatic heterocycles. The van der Waals surface area contributed by atoms with Crippen molar-refractivity contribution in [3.63, 3.8) is 0 Å². The van der Waals surface area contributed by atoms with Gasteiger partial charge >= 0.3 is 10.2 Å². The van der Waals surface area contributed by atoms with Crippen LogP contribution in [0.5, 0.6) is 11.5 Å². The fraction of sp³-hybridized carbons (Fsp3) is 0.263. The van der Waals surface area contributed by atoms with E-state index in [1.807, 2.05) is 4.72 Å². The second kappa shape index (κ2) is 8.47. The maximum absolute atomic E-state index is 15.0. The Morgan fingerprint density at radius 3 is 2.48 bits per heavy atom. The number of ether oxygens (including phenoxy) is 1. The van der Waals surface area contributed by atoms with E-state index in [0.717, 1.165) is 22.8 Å². The molecular formula is C19H15ClF4N4O4S. The van der Waals surface area contributed by atoms with Gasteiger partial charge in [-0.1, -0.05) is 11.6 Å². The summed E-state index contributed by atoms with van der Waals surface area (Å²) in [4.78, 5) is 16.2. The molecule has 1 fully saturated rings. The zero-order valence-electron chi connectivity index (χ0n) is 16.7. The Balaban J connectivity index is 1.69. The summed E-state index contributed by atoms with van der Waals surface area (Å²) in [5.41, 5.74) is -1.04. The number of hydrogen-bond acceptors (Lipinski definition) is 5. The first-order valence-corrected chi connectivity index (χ1v) is 11.2. The maximum atomic E-state index is 15.0. The van der Waals surface area contributed by atoms with Crippen LogP contribution < -0.4 is 15.0 Å². The number of aryl methyl sites for hydroxylation is 1. The van der Waals surface area contributed by atoms with Crippen LogP contribution in [-0.4, -0.2) is 47.7 Å². The van der Waals surface area contributed by atoms with Gasteiger partial charge in [-0.3, -0.25) is 9.52 Å². The molecule has 0 saturated carbocycles. The van der Waals surface area contributed by atoms with E-state index in [4.69, 9.17) is 16.3 Å². The van der Waals surface area contributed by atoms with Gasteiger partial charge in [-0.25, -0.2) is 22.5 Å². The van der Waals surface area contributed by atoms with Crippen LogP contribution in [0, 0.1) is 11.6 Å². The molecule has 1 saturated heterocycles. The van der Waals surface area contributed by atoms with Crippen LogP contribution >= 0.6 is 11.6 Å². The second-order valence-electron chi connectivity index (χ2n) is 7.23. The summed E-state index contributed by atoms with van der Waals surface area (Å²) in [6.45, 7) is -1.41. The average molecular weight is 507 g/mol. The second-order valence-corrected chi connectivity index (χ2v) is 9.28. The summed E-state index contributed by atoms with van der Waals surface area (Å²) >= 11 is 6.10. The first-order chi connectivity index (χ1) is 15.5. The third-order valence-electron chi connectivity index (χ3n) is 4.98. The van der Waals surface area contributed by atoms with Crippen molar-refractivity contribution in [1.29, 1.82) is 0 Å². The first-order valence-electron chi connectivity index (χ1n) is 9.35. The van der Waals surface area contributed by atoms with Gasteiger partial charge in [0, 0.05) is 20.1 Å². The number of aromatic nitrogens is 2. The Morgan fingerprint density at radius 1 is 1.15 bits per heavy atom. The molecule has 2 aromatic carbocycles. The monoisotopic (exact) mass is 506 g/mol. The lowest BCUT2D eigenvalue weighted by molar-refractivity contribution is 0.217. The molecule has 0 amide bonds. The molecule has 3 aromatic rings. The van der Waals surface area contributed by atoms with E-state index < -0.39 is 74.7 Å². The average Bonchev–Trinajstić information content (AvgIpc) is 3.11. The van der Waals surface area contributed by atoms with Crippen molar-refractivity contribution in [2.45, 2.75) is 12.3 Å². The normalized spacial score (nSPS) is 19.2. The van der Waals surface area contributed by atoms with E-state index in [2.05, 4.69) is 4.98 Å². The van der Waals surface area contributed by atoms with Gasteiger partial charge in [-0.2, -0.15) is 12.7 Å². The molecule has 2 atom stereocenters. The minimum atomic E-state index is -4.44. The van der Waals surface area contributed by atoms with E-state index in [1.165, 1.54) is 19.4 Å². The van der Waals surface area contributed by atoms with Crippen LogP contribution in [-0.2, 0) is 17.3 Å². The topological polar surface area (TPSA) is 93.5 Å². The molecule has 14 heteroatoms. The highest BCUT2D eigenvalue weighted by atomic mass is 35.5.